The molecule has 0 bridgehead atoms. The van der Waals surface area contributed by atoms with Crippen molar-refractivity contribution >= 4 is 12.0 Å². The molecule has 4 aromatic rings. The molecule has 0 aliphatic rings. The van der Waals surface area contributed by atoms with E-state index in [-0.39, 0.29) is 0 Å². The Balaban J connectivity index is 1.58. The van der Waals surface area contributed by atoms with E-state index in [0.717, 1.165) is 4.90 Å². The molecule has 0 unspecified atom stereocenters. The fraction of sp³-hybridized carbons (Fsp3) is 0.143. The lowest BCUT2D eigenvalue weighted by Crippen LogP contribution is -2.45. The van der Waals surface area contributed by atoms with Crippen LogP contribution in [0, 0.1) is 6.92 Å². The van der Waals surface area contributed by atoms with Gasteiger partial charge in [-0.3, -0.25) is 5.32 Å². The fourth-order valence-electron chi connectivity index (χ4n) is 3.85. The summed E-state index contributed by atoms with van der Waals surface area (Å²) in [7, 11) is 0. The van der Waals surface area contributed by atoms with Crippen LogP contribution in [0.4, 0.5) is 0 Å². The predicted molar refractivity (Wildman–Crippen MR) is 130 cm³/mol. The molecule has 2 nitrogen and oxygen atoms in total. The zero-order valence-electron chi connectivity index (χ0n) is 17.7. The quantitative estimate of drug-likeness (QED) is 0.185. The lowest BCUT2D eigenvalue weighted by atomic mass is 9.77. The largest absolute Gasteiger partial charge is 0.309 e. The summed E-state index contributed by atoms with van der Waals surface area (Å²) in [5.74, 6) is 0. The Hall–Kier alpha value is -2.85. The number of hydrogen-bond acceptors (Lipinski definition) is 3. The zero-order valence-corrected chi connectivity index (χ0v) is 18.5. The van der Waals surface area contributed by atoms with E-state index < -0.39 is 5.54 Å². The van der Waals surface area contributed by atoms with Crippen molar-refractivity contribution in [1.82, 2.24) is 5.32 Å². The second-order valence-electron chi connectivity index (χ2n) is 7.49. The molecule has 3 heteroatoms. The Labute approximate surface area is 189 Å². The van der Waals surface area contributed by atoms with Crippen molar-refractivity contribution in [2.75, 3.05) is 13.2 Å². The highest BCUT2D eigenvalue weighted by atomic mass is 32.2. The van der Waals surface area contributed by atoms with Crippen molar-refractivity contribution < 1.29 is 4.18 Å². The maximum atomic E-state index is 5.92. The van der Waals surface area contributed by atoms with Gasteiger partial charge < -0.3 is 4.18 Å². The molecular weight excluding hydrogens is 398 g/mol. The van der Waals surface area contributed by atoms with Crippen LogP contribution in [0.5, 0.6) is 0 Å². The monoisotopic (exact) mass is 425 g/mol. The Bertz CT molecular complexity index is 954. The number of aryl methyl sites for hydroxylation is 1. The molecular formula is C28H27NOS. The molecule has 0 saturated carbocycles. The lowest BCUT2D eigenvalue weighted by molar-refractivity contribution is 0.340. The van der Waals surface area contributed by atoms with E-state index in [0.29, 0.717) is 13.2 Å². The minimum absolute atomic E-state index is 0.457. The molecule has 0 heterocycles. The molecule has 0 saturated heterocycles. The maximum Gasteiger partial charge on any atom is 0.0948 e. The van der Waals surface area contributed by atoms with Crippen molar-refractivity contribution in [3.63, 3.8) is 0 Å². The van der Waals surface area contributed by atoms with Gasteiger partial charge in [0.25, 0.3) is 0 Å². The molecule has 0 aliphatic carbocycles. The van der Waals surface area contributed by atoms with Gasteiger partial charge in [0.2, 0.25) is 0 Å². The average Bonchev–Trinajstić information content (AvgIpc) is 2.84. The van der Waals surface area contributed by atoms with Gasteiger partial charge in [0.05, 0.1) is 12.1 Å². The summed E-state index contributed by atoms with van der Waals surface area (Å²) >= 11 is 1.43. The van der Waals surface area contributed by atoms with Gasteiger partial charge in [0.1, 0.15) is 0 Å². The minimum Gasteiger partial charge on any atom is -0.309 e. The summed E-state index contributed by atoms with van der Waals surface area (Å²) in [6, 6.07) is 40.3. The first kappa shape index (κ1) is 21.4. The second-order valence-corrected chi connectivity index (χ2v) is 8.37. The topological polar surface area (TPSA) is 21.3 Å². The van der Waals surface area contributed by atoms with Gasteiger partial charge in [-0.2, -0.15) is 0 Å². The highest BCUT2D eigenvalue weighted by Gasteiger charge is 2.35. The van der Waals surface area contributed by atoms with Crippen molar-refractivity contribution in [2.24, 2.45) is 0 Å². The maximum absolute atomic E-state index is 5.92. The number of hydrogen-bond donors (Lipinski definition) is 1. The van der Waals surface area contributed by atoms with Crippen LogP contribution >= 0.6 is 12.0 Å². The number of benzene rings is 4. The van der Waals surface area contributed by atoms with Crippen molar-refractivity contribution in [3.8, 4) is 0 Å². The second kappa shape index (κ2) is 10.5. The smallest absolute Gasteiger partial charge is 0.0948 e. The Morgan fingerprint density at radius 2 is 1.10 bits per heavy atom. The lowest BCUT2D eigenvalue weighted by Gasteiger charge is -2.37. The normalized spacial score (nSPS) is 11.4. The molecule has 4 aromatic carbocycles. The van der Waals surface area contributed by atoms with Crippen LogP contribution in [0.15, 0.2) is 120 Å². The average molecular weight is 426 g/mol. The first-order valence-electron chi connectivity index (χ1n) is 10.6. The van der Waals surface area contributed by atoms with Crippen LogP contribution in [-0.2, 0) is 9.72 Å². The predicted octanol–water partition coefficient (Wildman–Crippen LogP) is 6.60. The molecule has 0 aromatic heterocycles. The van der Waals surface area contributed by atoms with E-state index in [1.54, 1.807) is 0 Å². The Morgan fingerprint density at radius 3 is 1.55 bits per heavy atom. The summed E-state index contributed by atoms with van der Waals surface area (Å²) in [4.78, 5) is 1.12. The summed E-state index contributed by atoms with van der Waals surface area (Å²) < 4.78 is 5.92. The third-order valence-corrected chi connectivity index (χ3v) is 6.12. The van der Waals surface area contributed by atoms with Crippen LogP contribution in [0.2, 0.25) is 0 Å². The van der Waals surface area contributed by atoms with Crippen LogP contribution in [0.25, 0.3) is 0 Å². The fourth-order valence-corrected chi connectivity index (χ4v) is 4.40. The third-order valence-electron chi connectivity index (χ3n) is 5.37. The van der Waals surface area contributed by atoms with Gasteiger partial charge in [-0.1, -0.05) is 109 Å². The number of nitrogens with one attached hydrogen (secondary N) is 1. The van der Waals surface area contributed by atoms with Crippen molar-refractivity contribution in [2.45, 2.75) is 17.4 Å². The van der Waals surface area contributed by atoms with E-state index in [4.69, 9.17) is 4.18 Å². The highest BCUT2D eigenvalue weighted by Crippen LogP contribution is 2.36. The van der Waals surface area contributed by atoms with E-state index in [1.807, 2.05) is 0 Å². The van der Waals surface area contributed by atoms with Crippen LogP contribution in [0.1, 0.15) is 22.3 Å². The summed E-state index contributed by atoms with van der Waals surface area (Å²) in [5, 5.41) is 3.84. The summed E-state index contributed by atoms with van der Waals surface area (Å²) in [6.07, 6.45) is 0. The molecule has 4 rings (SSSR count). The number of rotatable bonds is 9. The molecule has 0 fully saturated rings. The van der Waals surface area contributed by atoms with Crippen LogP contribution in [0.3, 0.4) is 0 Å². The van der Waals surface area contributed by atoms with Crippen molar-refractivity contribution in [1.29, 1.82) is 0 Å². The molecule has 0 aliphatic heterocycles. The van der Waals surface area contributed by atoms with E-state index in [1.165, 1.54) is 34.3 Å². The molecule has 31 heavy (non-hydrogen) atoms. The Morgan fingerprint density at radius 1 is 0.645 bits per heavy atom. The molecule has 1 N–H and O–H groups in total. The SMILES string of the molecule is Cc1ccc(SOCCNC(c2ccccc2)(c2ccccc2)c2ccccc2)cc1. The van der Waals surface area contributed by atoms with Gasteiger partial charge in [-0.25, -0.2) is 0 Å². The van der Waals surface area contributed by atoms with Crippen LogP contribution < -0.4 is 5.32 Å². The molecule has 0 amide bonds. The van der Waals surface area contributed by atoms with E-state index >= 15 is 0 Å². The van der Waals surface area contributed by atoms with Crippen molar-refractivity contribution in [3.05, 3.63) is 138 Å². The third kappa shape index (κ3) is 5.08. The van der Waals surface area contributed by atoms with Gasteiger partial charge in [-0.05, 0) is 35.7 Å². The minimum atomic E-state index is -0.457. The zero-order chi connectivity index (χ0) is 21.4. The Kier molecular flexibility index (Phi) is 7.21. The summed E-state index contributed by atoms with van der Waals surface area (Å²) in [6.45, 7) is 3.39. The first-order valence-corrected chi connectivity index (χ1v) is 11.3. The van der Waals surface area contributed by atoms with Crippen LogP contribution in [-0.4, -0.2) is 13.2 Å². The van der Waals surface area contributed by atoms with Gasteiger partial charge in [0, 0.05) is 23.5 Å². The van der Waals surface area contributed by atoms with Gasteiger partial charge in [0.15, 0.2) is 0 Å². The summed E-state index contributed by atoms with van der Waals surface area (Å²) in [5.41, 5.74) is 4.42. The van der Waals surface area contributed by atoms with E-state index in [9.17, 15) is 0 Å². The first-order chi connectivity index (χ1) is 15.3. The molecule has 0 radical (unpaired) electrons. The van der Waals surface area contributed by atoms with Gasteiger partial charge in [-0.15, -0.1) is 0 Å². The van der Waals surface area contributed by atoms with E-state index in [2.05, 4.69) is 128 Å². The standard InChI is InChI=1S/C28H27NOS/c1-23-17-19-27(20-18-23)31-30-22-21-29-28(24-11-5-2-6-12-24,25-13-7-3-8-14-25)26-15-9-4-10-16-26/h2-20,29H,21-22H2,1H3. The molecule has 0 atom stereocenters. The molecule has 0 spiro atoms. The van der Waals surface area contributed by atoms with Gasteiger partial charge >= 0.3 is 0 Å². The molecule has 156 valence electrons. The highest BCUT2D eigenvalue weighted by molar-refractivity contribution is 7.94.